The van der Waals surface area contributed by atoms with E-state index in [1.807, 2.05) is 19.1 Å². The lowest BCUT2D eigenvalue weighted by Crippen LogP contribution is -2.37. The Kier molecular flexibility index (Phi) is 6.58. The Morgan fingerprint density at radius 2 is 1.34 bits per heavy atom. The molecule has 0 heterocycles. The van der Waals surface area contributed by atoms with Crippen LogP contribution in [0.25, 0.3) is 10.8 Å². The fourth-order valence-corrected chi connectivity index (χ4v) is 8.65. The molecule has 4 heteroatoms. The molecule has 0 atom stereocenters. The van der Waals surface area contributed by atoms with E-state index in [0.717, 1.165) is 5.69 Å². The predicted octanol–water partition coefficient (Wildman–Crippen LogP) is 4.76. The zero-order valence-electron chi connectivity index (χ0n) is 18.9. The third kappa shape index (κ3) is 4.01. The first kappa shape index (κ1) is 22.0. The average molecular weight is 443 g/mol. The predicted molar refractivity (Wildman–Crippen MR) is 138 cm³/mol. The zero-order chi connectivity index (χ0) is 22.6. The maximum absolute atomic E-state index is 13.1. The average Bonchev–Trinajstić information content (AvgIpc) is 2.83. The molecular formula is C28H29NO2P+. The zero-order valence-corrected chi connectivity index (χ0v) is 19.8. The van der Waals surface area contributed by atoms with E-state index >= 15 is 0 Å². The standard InChI is InChI=1S/C28H29NO2P/c1-4-31-27(30)21-32(23-15-7-5-8-16-23,24-17-9-6-10-18-24)26-20-12-14-22-13-11-19-25(28(22)26)29(2)3/h5-20H,4,21H2,1-3H3/q+1. The molecule has 0 saturated heterocycles. The Labute approximate surface area is 191 Å². The molecule has 0 fully saturated rings. The van der Waals surface area contributed by atoms with Crippen LogP contribution in [0.2, 0.25) is 0 Å². The van der Waals surface area contributed by atoms with Crippen LogP contribution in [0, 0.1) is 0 Å². The summed E-state index contributed by atoms with van der Waals surface area (Å²) in [5.41, 5.74) is 1.15. The largest absolute Gasteiger partial charge is 0.463 e. The lowest BCUT2D eigenvalue weighted by Gasteiger charge is -2.29. The van der Waals surface area contributed by atoms with Crippen LogP contribution in [0.4, 0.5) is 5.69 Å². The highest BCUT2D eigenvalue weighted by atomic mass is 31.2. The molecule has 0 aliphatic carbocycles. The van der Waals surface area contributed by atoms with Gasteiger partial charge in [-0.2, -0.15) is 0 Å². The summed E-state index contributed by atoms with van der Waals surface area (Å²) < 4.78 is 5.53. The SMILES string of the molecule is CCOC(=O)C[P+](c1ccccc1)(c1ccccc1)c1cccc2cccc(N(C)C)c12. The van der Waals surface area contributed by atoms with Crippen LogP contribution >= 0.6 is 7.26 Å². The van der Waals surface area contributed by atoms with Crippen molar-refractivity contribution in [3.05, 3.63) is 97.1 Å². The van der Waals surface area contributed by atoms with E-state index in [9.17, 15) is 4.79 Å². The van der Waals surface area contributed by atoms with Gasteiger partial charge in [0.2, 0.25) is 0 Å². The van der Waals surface area contributed by atoms with Crippen LogP contribution in [0.5, 0.6) is 0 Å². The topological polar surface area (TPSA) is 29.5 Å². The Morgan fingerprint density at radius 3 is 1.88 bits per heavy atom. The Morgan fingerprint density at radius 1 is 0.781 bits per heavy atom. The lowest BCUT2D eigenvalue weighted by molar-refractivity contribution is -0.139. The van der Waals surface area contributed by atoms with Gasteiger partial charge in [-0.25, -0.2) is 4.79 Å². The monoisotopic (exact) mass is 442 g/mol. The van der Waals surface area contributed by atoms with Gasteiger partial charge in [-0.05, 0) is 48.7 Å². The molecule has 0 aromatic heterocycles. The molecule has 0 aliphatic rings. The molecule has 0 saturated carbocycles. The number of ether oxygens (including phenoxy) is 1. The number of rotatable bonds is 7. The fourth-order valence-electron chi connectivity index (χ4n) is 4.45. The lowest BCUT2D eigenvalue weighted by atomic mass is 10.1. The van der Waals surface area contributed by atoms with Crippen LogP contribution in [-0.4, -0.2) is 32.8 Å². The van der Waals surface area contributed by atoms with Crippen molar-refractivity contribution in [2.24, 2.45) is 0 Å². The number of fused-ring (bicyclic) bond motifs is 1. The van der Waals surface area contributed by atoms with Gasteiger partial charge in [-0.3, -0.25) is 0 Å². The fraction of sp³-hybridized carbons (Fsp3) is 0.179. The van der Waals surface area contributed by atoms with E-state index in [1.54, 1.807) is 0 Å². The van der Waals surface area contributed by atoms with Gasteiger partial charge < -0.3 is 9.64 Å². The van der Waals surface area contributed by atoms with Crippen molar-refractivity contribution >= 4 is 45.6 Å². The number of hydrogen-bond donors (Lipinski definition) is 0. The Hall–Kier alpha value is -3.16. The second-order valence-electron chi connectivity index (χ2n) is 7.99. The Balaban J connectivity index is 2.14. The van der Waals surface area contributed by atoms with Gasteiger partial charge in [0, 0.05) is 25.2 Å². The summed E-state index contributed by atoms with van der Waals surface area (Å²) in [7, 11) is 1.79. The first-order valence-corrected chi connectivity index (χ1v) is 12.9. The number of anilines is 1. The van der Waals surface area contributed by atoms with Gasteiger partial charge in [0.15, 0.2) is 6.16 Å². The number of hydrogen-bond acceptors (Lipinski definition) is 3. The van der Waals surface area contributed by atoms with E-state index in [2.05, 4.69) is 104 Å². The van der Waals surface area contributed by atoms with Gasteiger partial charge in [0.1, 0.15) is 23.2 Å². The third-order valence-corrected chi connectivity index (χ3v) is 10.1. The van der Waals surface area contributed by atoms with Crippen molar-refractivity contribution < 1.29 is 9.53 Å². The van der Waals surface area contributed by atoms with Crippen LogP contribution in [-0.2, 0) is 9.53 Å². The molecular weight excluding hydrogens is 413 g/mol. The van der Waals surface area contributed by atoms with E-state index < -0.39 is 7.26 Å². The number of carbonyl (C=O) groups excluding carboxylic acids is 1. The molecule has 0 spiro atoms. The summed E-state index contributed by atoms with van der Waals surface area (Å²) in [5, 5.41) is 5.95. The minimum absolute atomic E-state index is 0.159. The molecule has 4 rings (SSSR count). The minimum atomic E-state index is -2.35. The number of carbonyl (C=O) groups is 1. The molecule has 162 valence electrons. The molecule has 0 amide bonds. The second kappa shape index (κ2) is 9.54. The highest BCUT2D eigenvalue weighted by molar-refractivity contribution is 7.96. The molecule has 4 aromatic carbocycles. The van der Waals surface area contributed by atoms with Crippen molar-refractivity contribution in [1.82, 2.24) is 0 Å². The quantitative estimate of drug-likeness (QED) is 0.305. The van der Waals surface area contributed by atoms with Crippen LogP contribution in [0.1, 0.15) is 6.92 Å². The first-order chi connectivity index (χ1) is 15.6. The van der Waals surface area contributed by atoms with E-state index in [0.29, 0.717) is 12.8 Å². The third-order valence-electron chi connectivity index (χ3n) is 5.82. The second-order valence-corrected chi connectivity index (χ2v) is 11.4. The molecule has 0 radical (unpaired) electrons. The van der Waals surface area contributed by atoms with Crippen LogP contribution in [0.3, 0.4) is 0 Å². The van der Waals surface area contributed by atoms with Crippen molar-refractivity contribution in [2.45, 2.75) is 6.92 Å². The number of benzene rings is 4. The van der Waals surface area contributed by atoms with E-state index in [1.165, 1.54) is 26.7 Å². The molecule has 3 nitrogen and oxygen atoms in total. The Bertz CT molecular complexity index is 1160. The van der Waals surface area contributed by atoms with E-state index in [4.69, 9.17) is 4.74 Å². The summed E-state index contributed by atoms with van der Waals surface area (Å²) in [5.74, 6) is -0.159. The van der Waals surface area contributed by atoms with Crippen molar-refractivity contribution in [3.63, 3.8) is 0 Å². The number of esters is 1. The minimum Gasteiger partial charge on any atom is -0.463 e. The molecule has 0 aliphatic heterocycles. The molecule has 4 aromatic rings. The molecule has 0 unspecified atom stereocenters. The van der Waals surface area contributed by atoms with Crippen molar-refractivity contribution in [1.29, 1.82) is 0 Å². The van der Waals surface area contributed by atoms with Crippen molar-refractivity contribution in [3.8, 4) is 0 Å². The van der Waals surface area contributed by atoms with Crippen LogP contribution in [0.15, 0.2) is 97.1 Å². The molecule has 0 bridgehead atoms. The van der Waals surface area contributed by atoms with Crippen molar-refractivity contribution in [2.75, 3.05) is 31.8 Å². The first-order valence-electron chi connectivity index (χ1n) is 10.9. The normalized spacial score (nSPS) is 11.3. The summed E-state index contributed by atoms with van der Waals surface area (Å²) in [6, 6.07) is 33.9. The van der Waals surface area contributed by atoms with Gasteiger partial charge in [0.05, 0.1) is 6.61 Å². The maximum atomic E-state index is 13.1. The highest BCUT2D eigenvalue weighted by Crippen LogP contribution is 2.57. The number of nitrogens with zero attached hydrogens (tertiary/aromatic N) is 1. The van der Waals surface area contributed by atoms with Gasteiger partial charge in [0.25, 0.3) is 0 Å². The molecule has 32 heavy (non-hydrogen) atoms. The summed E-state index contributed by atoms with van der Waals surface area (Å²) in [6.45, 7) is 2.24. The highest BCUT2D eigenvalue weighted by Gasteiger charge is 2.49. The maximum Gasteiger partial charge on any atom is 0.345 e. The smallest absolute Gasteiger partial charge is 0.345 e. The summed E-state index contributed by atoms with van der Waals surface area (Å²) >= 11 is 0. The molecule has 0 N–H and O–H groups in total. The van der Waals surface area contributed by atoms with E-state index in [-0.39, 0.29) is 5.97 Å². The van der Waals surface area contributed by atoms with Crippen LogP contribution < -0.4 is 20.8 Å². The van der Waals surface area contributed by atoms with Gasteiger partial charge in [-0.1, -0.05) is 60.7 Å². The van der Waals surface area contributed by atoms with Gasteiger partial charge in [-0.15, -0.1) is 0 Å². The summed E-state index contributed by atoms with van der Waals surface area (Å²) in [4.78, 5) is 15.3. The summed E-state index contributed by atoms with van der Waals surface area (Å²) in [6.07, 6.45) is 0.329. The van der Waals surface area contributed by atoms with Gasteiger partial charge >= 0.3 is 5.97 Å².